The first-order valence-corrected chi connectivity index (χ1v) is 5.66. The average Bonchev–Trinajstić information content (AvgIpc) is 2.75. The molecule has 0 unspecified atom stereocenters. The van der Waals surface area contributed by atoms with Gasteiger partial charge in [0.15, 0.2) is 0 Å². The fourth-order valence-electron chi connectivity index (χ4n) is 2.09. The Balaban J connectivity index is 1.96. The van der Waals surface area contributed by atoms with Crippen molar-refractivity contribution in [1.29, 1.82) is 0 Å². The number of rotatable bonds is 2. The highest BCUT2D eigenvalue weighted by molar-refractivity contribution is 5.93. The van der Waals surface area contributed by atoms with E-state index in [4.69, 9.17) is 0 Å². The molecule has 1 aliphatic heterocycles. The first-order valence-electron chi connectivity index (χ1n) is 5.66. The van der Waals surface area contributed by atoms with Crippen LogP contribution >= 0.6 is 0 Å². The molecule has 0 atom stereocenters. The van der Waals surface area contributed by atoms with Crippen LogP contribution in [0.15, 0.2) is 12.4 Å². The fourth-order valence-corrected chi connectivity index (χ4v) is 2.09. The van der Waals surface area contributed by atoms with Crippen molar-refractivity contribution in [1.82, 2.24) is 20.0 Å². The molecule has 1 amide bonds. The lowest BCUT2D eigenvalue weighted by molar-refractivity contribution is 0.0707. The third-order valence-corrected chi connectivity index (χ3v) is 3.14. The lowest BCUT2D eigenvalue weighted by Gasteiger charge is -2.31. The summed E-state index contributed by atoms with van der Waals surface area (Å²) < 4.78 is 1.66. The summed E-state index contributed by atoms with van der Waals surface area (Å²) >= 11 is 0. The third-order valence-electron chi connectivity index (χ3n) is 3.14. The van der Waals surface area contributed by atoms with E-state index in [0.717, 1.165) is 25.9 Å². The number of amides is 1. The van der Waals surface area contributed by atoms with Gasteiger partial charge in [0.25, 0.3) is 5.91 Å². The van der Waals surface area contributed by atoms with E-state index >= 15 is 0 Å². The van der Waals surface area contributed by atoms with E-state index in [0.29, 0.717) is 11.6 Å². The second kappa shape index (κ2) is 4.65. The normalized spacial score (nSPS) is 17.8. The first kappa shape index (κ1) is 11.1. The predicted molar refractivity (Wildman–Crippen MR) is 61.2 cm³/mol. The molecule has 1 aromatic rings. The van der Waals surface area contributed by atoms with Crippen molar-refractivity contribution in [2.45, 2.75) is 18.9 Å². The molecule has 5 heteroatoms. The first-order chi connectivity index (χ1) is 7.70. The Labute approximate surface area is 95.4 Å². The minimum absolute atomic E-state index is 0.0997. The number of nitrogens with one attached hydrogen (secondary N) is 1. The van der Waals surface area contributed by atoms with Crippen molar-refractivity contribution in [2.24, 2.45) is 7.05 Å². The molecule has 88 valence electrons. The molecule has 1 aromatic heterocycles. The van der Waals surface area contributed by atoms with Gasteiger partial charge < -0.3 is 10.2 Å². The summed E-state index contributed by atoms with van der Waals surface area (Å²) in [6.45, 7) is 1.67. The van der Waals surface area contributed by atoms with Gasteiger partial charge in [0.05, 0.1) is 11.8 Å². The zero-order chi connectivity index (χ0) is 11.5. The van der Waals surface area contributed by atoms with Crippen LogP contribution < -0.4 is 5.32 Å². The summed E-state index contributed by atoms with van der Waals surface area (Å²) in [5, 5.41) is 7.27. The van der Waals surface area contributed by atoms with Crippen LogP contribution in [0.4, 0.5) is 0 Å². The second-order valence-corrected chi connectivity index (χ2v) is 4.26. The second-order valence-electron chi connectivity index (χ2n) is 4.26. The number of nitrogens with zero attached hydrogens (tertiary/aromatic N) is 3. The zero-order valence-corrected chi connectivity index (χ0v) is 9.81. The highest BCUT2D eigenvalue weighted by Gasteiger charge is 2.23. The van der Waals surface area contributed by atoms with Crippen LogP contribution in [0.3, 0.4) is 0 Å². The maximum absolute atomic E-state index is 12.1. The molecule has 2 rings (SSSR count). The Morgan fingerprint density at radius 2 is 2.19 bits per heavy atom. The van der Waals surface area contributed by atoms with Crippen molar-refractivity contribution in [2.75, 3.05) is 20.1 Å². The molecule has 0 aliphatic carbocycles. The van der Waals surface area contributed by atoms with E-state index < -0.39 is 0 Å². The highest BCUT2D eigenvalue weighted by Crippen LogP contribution is 2.13. The van der Waals surface area contributed by atoms with Crippen molar-refractivity contribution in [3.05, 3.63) is 18.0 Å². The van der Waals surface area contributed by atoms with Gasteiger partial charge >= 0.3 is 0 Å². The Bertz CT molecular complexity index is 366. The molecule has 0 radical (unpaired) electrons. The Morgan fingerprint density at radius 1 is 1.50 bits per heavy atom. The van der Waals surface area contributed by atoms with Gasteiger partial charge in [-0.05, 0) is 19.9 Å². The average molecular weight is 222 g/mol. The maximum atomic E-state index is 12.1. The van der Waals surface area contributed by atoms with Crippen molar-refractivity contribution < 1.29 is 4.79 Å². The number of likely N-dealkylation sites (tertiary alicyclic amines) is 1. The number of carbonyl (C=O) groups is 1. The summed E-state index contributed by atoms with van der Waals surface area (Å²) in [4.78, 5) is 14.0. The molecule has 1 aliphatic rings. The fraction of sp³-hybridized carbons (Fsp3) is 0.636. The smallest absolute Gasteiger partial charge is 0.257 e. The number of piperidine rings is 1. The van der Waals surface area contributed by atoms with Crippen LogP contribution in [0, 0.1) is 0 Å². The van der Waals surface area contributed by atoms with Crippen LogP contribution in [0.25, 0.3) is 0 Å². The molecule has 5 nitrogen and oxygen atoms in total. The van der Waals surface area contributed by atoms with Gasteiger partial charge in [-0.1, -0.05) is 0 Å². The number of aromatic nitrogens is 2. The number of carbonyl (C=O) groups excluding carboxylic acids is 1. The Hall–Kier alpha value is -1.36. The largest absolute Gasteiger partial charge is 0.338 e. The maximum Gasteiger partial charge on any atom is 0.257 e. The molecular weight excluding hydrogens is 204 g/mol. The van der Waals surface area contributed by atoms with Gasteiger partial charge in [-0.2, -0.15) is 5.10 Å². The molecule has 0 saturated carbocycles. The molecule has 16 heavy (non-hydrogen) atoms. The van der Waals surface area contributed by atoms with Gasteiger partial charge in [-0.3, -0.25) is 9.48 Å². The SMILES string of the molecule is CNC1CCN(C(=O)c2cnn(C)c2)CC1. The van der Waals surface area contributed by atoms with Crippen molar-refractivity contribution in [3.8, 4) is 0 Å². The van der Waals surface area contributed by atoms with E-state index in [2.05, 4.69) is 10.4 Å². The molecule has 0 spiro atoms. The quantitative estimate of drug-likeness (QED) is 0.780. The van der Waals surface area contributed by atoms with E-state index in [1.165, 1.54) is 0 Å². The Kier molecular flexibility index (Phi) is 3.24. The van der Waals surface area contributed by atoms with Gasteiger partial charge in [0, 0.05) is 32.4 Å². The summed E-state index contributed by atoms with van der Waals surface area (Å²) in [5.41, 5.74) is 0.686. The molecule has 0 bridgehead atoms. The lowest BCUT2D eigenvalue weighted by atomic mass is 10.0. The molecule has 1 saturated heterocycles. The van der Waals surface area contributed by atoms with Gasteiger partial charge in [-0.25, -0.2) is 0 Å². The molecule has 1 N–H and O–H groups in total. The van der Waals surface area contributed by atoms with E-state index in [9.17, 15) is 4.79 Å². The van der Waals surface area contributed by atoms with Crippen LogP contribution in [-0.4, -0.2) is 46.8 Å². The van der Waals surface area contributed by atoms with Gasteiger partial charge in [0.1, 0.15) is 0 Å². The number of hydrogen-bond acceptors (Lipinski definition) is 3. The van der Waals surface area contributed by atoms with Crippen LogP contribution in [-0.2, 0) is 7.05 Å². The van der Waals surface area contributed by atoms with Gasteiger partial charge in [-0.15, -0.1) is 0 Å². The van der Waals surface area contributed by atoms with Crippen molar-refractivity contribution >= 4 is 5.91 Å². The third kappa shape index (κ3) is 2.24. The molecular formula is C11H18N4O. The minimum atomic E-state index is 0.0997. The topological polar surface area (TPSA) is 50.2 Å². The van der Waals surface area contributed by atoms with Crippen LogP contribution in [0.2, 0.25) is 0 Å². The zero-order valence-electron chi connectivity index (χ0n) is 9.81. The molecule has 2 heterocycles. The summed E-state index contributed by atoms with van der Waals surface area (Å²) in [6, 6.07) is 0.554. The number of hydrogen-bond donors (Lipinski definition) is 1. The van der Waals surface area contributed by atoms with E-state index in [1.54, 1.807) is 17.1 Å². The van der Waals surface area contributed by atoms with Crippen LogP contribution in [0.5, 0.6) is 0 Å². The molecule has 0 aromatic carbocycles. The van der Waals surface area contributed by atoms with Crippen LogP contribution in [0.1, 0.15) is 23.2 Å². The van der Waals surface area contributed by atoms with E-state index in [1.807, 2.05) is 19.0 Å². The molecule has 1 fully saturated rings. The summed E-state index contributed by atoms with van der Waals surface area (Å²) in [6.07, 6.45) is 5.46. The van der Waals surface area contributed by atoms with E-state index in [-0.39, 0.29) is 5.91 Å². The highest BCUT2D eigenvalue weighted by atomic mass is 16.2. The standard InChI is InChI=1S/C11H18N4O/c1-12-10-3-5-15(6-4-10)11(16)9-7-13-14(2)8-9/h7-8,10,12H,3-6H2,1-2H3. The minimum Gasteiger partial charge on any atom is -0.338 e. The lowest BCUT2D eigenvalue weighted by Crippen LogP contribution is -2.43. The van der Waals surface area contributed by atoms with Crippen molar-refractivity contribution in [3.63, 3.8) is 0 Å². The number of aryl methyl sites for hydroxylation is 1. The van der Waals surface area contributed by atoms with Gasteiger partial charge in [0.2, 0.25) is 0 Å². The Morgan fingerprint density at radius 3 is 2.69 bits per heavy atom. The predicted octanol–water partition coefficient (Wildman–Crippen LogP) is 0.244. The monoisotopic (exact) mass is 222 g/mol. The summed E-state index contributed by atoms with van der Waals surface area (Å²) in [5.74, 6) is 0.0997. The summed E-state index contributed by atoms with van der Waals surface area (Å²) in [7, 11) is 3.80.